The second-order valence-corrected chi connectivity index (χ2v) is 8.23. The van der Waals surface area contributed by atoms with Gasteiger partial charge in [-0.15, -0.1) is 0 Å². The number of aliphatic hydroxyl groups is 1. The summed E-state index contributed by atoms with van der Waals surface area (Å²) in [6.07, 6.45) is -0.0405. The summed E-state index contributed by atoms with van der Waals surface area (Å²) in [5, 5.41) is 48.3. The van der Waals surface area contributed by atoms with E-state index in [-0.39, 0.29) is 46.4 Å². The number of ether oxygens (including phenoxy) is 1. The number of hydrogen-bond acceptors (Lipinski definition) is 9. The molecule has 5 rings (SSSR count). The van der Waals surface area contributed by atoms with E-state index in [0.717, 1.165) is 4.57 Å². The van der Waals surface area contributed by atoms with Crippen molar-refractivity contribution in [3.8, 4) is 28.7 Å². The Kier molecular flexibility index (Phi) is 5.91. The van der Waals surface area contributed by atoms with Crippen LogP contribution in [0.1, 0.15) is 17.2 Å². The van der Waals surface area contributed by atoms with E-state index in [4.69, 9.17) is 4.74 Å². The maximum Gasteiger partial charge on any atom is 0.332 e. The number of rotatable bonds is 1. The average Bonchev–Trinajstić information content (AvgIpc) is 3.20. The molecule has 0 bridgehead atoms. The number of benzene rings is 2. The molecule has 0 fully saturated rings. The van der Waals surface area contributed by atoms with E-state index in [1.54, 1.807) is 18.7 Å². The van der Waals surface area contributed by atoms with Gasteiger partial charge in [0.05, 0.1) is 12.4 Å². The molecule has 5 N–H and O–H groups in total. The third-order valence-electron chi connectivity index (χ3n) is 5.83. The lowest BCUT2D eigenvalue weighted by Gasteiger charge is -2.31. The maximum absolute atomic E-state index is 11.7. The van der Waals surface area contributed by atoms with Crippen molar-refractivity contribution < 1.29 is 30.3 Å². The van der Waals surface area contributed by atoms with Gasteiger partial charge in [-0.2, -0.15) is 0 Å². The van der Waals surface area contributed by atoms with E-state index in [1.807, 2.05) is 0 Å². The number of phenolic OH excluding ortho intramolecular Hbond substituents is 4. The molecule has 0 unspecified atom stereocenters. The van der Waals surface area contributed by atoms with E-state index in [2.05, 4.69) is 4.98 Å². The zero-order chi connectivity index (χ0) is 25.6. The first-order valence-corrected chi connectivity index (χ1v) is 10.5. The highest BCUT2D eigenvalue weighted by Crippen LogP contribution is 2.42. The summed E-state index contributed by atoms with van der Waals surface area (Å²) in [6.45, 7) is 0. The molecule has 184 valence electrons. The van der Waals surface area contributed by atoms with Crippen LogP contribution in [0.25, 0.3) is 11.2 Å². The molecule has 0 radical (unpaired) electrons. The van der Waals surface area contributed by atoms with E-state index in [9.17, 15) is 35.1 Å². The largest absolute Gasteiger partial charge is 0.508 e. The molecule has 12 nitrogen and oxygen atoms in total. The van der Waals surface area contributed by atoms with Crippen molar-refractivity contribution >= 4 is 11.2 Å². The molecule has 12 heteroatoms. The summed E-state index contributed by atoms with van der Waals surface area (Å²) in [4.78, 5) is 27.2. The zero-order valence-corrected chi connectivity index (χ0v) is 19.1. The lowest BCUT2D eigenvalue weighted by atomic mass is 9.94. The summed E-state index contributed by atoms with van der Waals surface area (Å²) in [5.41, 5.74) is 1.07. The molecule has 2 aromatic carbocycles. The molecular weight excluding hydrogens is 460 g/mol. The fourth-order valence-corrected chi connectivity index (χ4v) is 3.94. The number of fused-ring (bicyclic) bond motifs is 2. The van der Waals surface area contributed by atoms with Gasteiger partial charge in [0.15, 0.2) is 22.7 Å². The van der Waals surface area contributed by atoms with Crippen molar-refractivity contribution in [3.63, 3.8) is 0 Å². The number of imidazole rings is 1. The Morgan fingerprint density at radius 1 is 0.943 bits per heavy atom. The summed E-state index contributed by atoms with van der Waals surface area (Å²) < 4.78 is 9.66. The molecule has 0 amide bonds. The smallest absolute Gasteiger partial charge is 0.332 e. The van der Waals surface area contributed by atoms with Crippen molar-refractivity contribution in [3.05, 3.63) is 68.6 Å². The van der Waals surface area contributed by atoms with Crippen LogP contribution in [-0.4, -0.2) is 50.3 Å². The average molecular weight is 484 g/mol. The number of aliphatic hydroxyl groups excluding tert-OH is 1. The Bertz CT molecular complexity index is 1550. The topological polar surface area (TPSA) is 172 Å². The molecule has 0 saturated carbocycles. The van der Waals surface area contributed by atoms with Crippen LogP contribution >= 0.6 is 0 Å². The quantitative estimate of drug-likeness (QED) is 0.241. The molecule has 2 atom stereocenters. The van der Waals surface area contributed by atoms with Gasteiger partial charge in [-0.3, -0.25) is 13.9 Å². The highest BCUT2D eigenvalue weighted by molar-refractivity contribution is 5.69. The summed E-state index contributed by atoms with van der Waals surface area (Å²) in [7, 11) is 4.77. The van der Waals surface area contributed by atoms with Crippen LogP contribution in [0.4, 0.5) is 0 Å². The van der Waals surface area contributed by atoms with Gasteiger partial charge in [0.2, 0.25) is 0 Å². The maximum atomic E-state index is 11.7. The third kappa shape index (κ3) is 4.15. The number of phenols is 4. The second-order valence-electron chi connectivity index (χ2n) is 8.23. The van der Waals surface area contributed by atoms with Gasteiger partial charge in [-0.1, -0.05) is 6.07 Å². The first-order valence-electron chi connectivity index (χ1n) is 10.5. The highest BCUT2D eigenvalue weighted by Gasteiger charge is 2.32. The minimum absolute atomic E-state index is 0.143. The number of nitrogens with zero attached hydrogens (tertiary/aromatic N) is 4. The molecule has 0 aliphatic carbocycles. The van der Waals surface area contributed by atoms with Gasteiger partial charge < -0.3 is 34.8 Å². The van der Waals surface area contributed by atoms with E-state index in [0.29, 0.717) is 22.3 Å². The molecule has 1 aliphatic rings. The van der Waals surface area contributed by atoms with Crippen LogP contribution in [0.3, 0.4) is 0 Å². The Morgan fingerprint density at radius 3 is 2.34 bits per heavy atom. The van der Waals surface area contributed by atoms with Gasteiger partial charge >= 0.3 is 5.69 Å². The lowest BCUT2D eigenvalue weighted by molar-refractivity contribution is 0.0197. The number of aromatic nitrogens is 4. The van der Waals surface area contributed by atoms with Gasteiger partial charge in [-0.05, 0) is 17.7 Å². The highest BCUT2D eigenvalue weighted by atomic mass is 16.5. The SMILES string of the molecule is Cn1c(=O)c2c(ncn2C)n(C)c1=O.Oc1cc(O)c2c(c1)O[C@H](c1ccc(O)c(O)c1)[C@@H](O)C2. The normalized spacial score (nSPS) is 16.8. The van der Waals surface area contributed by atoms with E-state index >= 15 is 0 Å². The van der Waals surface area contributed by atoms with Gasteiger partial charge in [0, 0.05) is 45.3 Å². The predicted octanol–water partition coefficient (Wildman–Crippen LogP) is 0.517. The fraction of sp³-hybridized carbons (Fsp3) is 0.261. The lowest BCUT2D eigenvalue weighted by Crippen LogP contribution is -2.37. The molecule has 4 aromatic rings. The molecule has 0 spiro atoms. The molecule has 35 heavy (non-hydrogen) atoms. The first-order chi connectivity index (χ1) is 16.5. The number of aromatic hydroxyl groups is 4. The van der Waals surface area contributed by atoms with Crippen LogP contribution in [0.2, 0.25) is 0 Å². The van der Waals surface area contributed by atoms with E-state index in [1.165, 1.54) is 48.3 Å². The monoisotopic (exact) mass is 484 g/mol. The molecular formula is C23H24N4O8. The molecule has 1 aliphatic heterocycles. The first kappa shape index (κ1) is 23.7. The second kappa shape index (κ2) is 8.72. The van der Waals surface area contributed by atoms with Crippen LogP contribution in [-0.2, 0) is 27.6 Å². The summed E-state index contributed by atoms with van der Waals surface area (Å²) >= 11 is 0. The van der Waals surface area contributed by atoms with Gasteiger partial charge in [0.25, 0.3) is 5.56 Å². The Labute approximate surface area is 197 Å². The van der Waals surface area contributed by atoms with Crippen LogP contribution in [0.15, 0.2) is 46.2 Å². The van der Waals surface area contributed by atoms with Gasteiger partial charge in [0.1, 0.15) is 23.4 Å². The Morgan fingerprint density at radius 2 is 1.66 bits per heavy atom. The summed E-state index contributed by atoms with van der Waals surface area (Å²) in [6, 6.07) is 6.67. The number of hydrogen-bond donors (Lipinski definition) is 5. The Hall–Kier alpha value is -4.45. The van der Waals surface area contributed by atoms with E-state index < -0.39 is 12.2 Å². The van der Waals surface area contributed by atoms with Crippen LogP contribution in [0, 0.1) is 0 Å². The molecule has 0 saturated heterocycles. The van der Waals surface area contributed by atoms with Crippen molar-refractivity contribution in [2.75, 3.05) is 0 Å². The number of aryl methyl sites for hydroxylation is 2. The standard InChI is InChI=1S/C15H14O6.C8H10N4O2/c16-8-4-11(18)9-6-13(20)15(21-14(9)5-8)7-1-2-10(17)12(19)3-7;1-10-4-9-6-5(10)7(13)12(3)8(14)11(6)2/h1-5,13,15-20H,6H2;4H,1-3H3/t13-,15+;/m0./s1. The third-order valence-corrected chi connectivity index (χ3v) is 5.83. The van der Waals surface area contributed by atoms with Crippen molar-refractivity contribution in [2.45, 2.75) is 18.6 Å². The van der Waals surface area contributed by atoms with Crippen molar-refractivity contribution in [1.29, 1.82) is 0 Å². The minimum atomic E-state index is -0.933. The van der Waals surface area contributed by atoms with Crippen molar-refractivity contribution in [2.24, 2.45) is 21.1 Å². The van der Waals surface area contributed by atoms with Crippen molar-refractivity contribution in [1.82, 2.24) is 18.7 Å². The molecule has 3 heterocycles. The zero-order valence-electron chi connectivity index (χ0n) is 19.1. The fourth-order valence-electron chi connectivity index (χ4n) is 3.94. The minimum Gasteiger partial charge on any atom is -0.508 e. The predicted molar refractivity (Wildman–Crippen MR) is 124 cm³/mol. The van der Waals surface area contributed by atoms with Crippen LogP contribution < -0.4 is 16.0 Å². The Balaban J connectivity index is 0.000000179. The summed E-state index contributed by atoms with van der Waals surface area (Å²) in [5.74, 6) is -0.589. The van der Waals surface area contributed by atoms with Gasteiger partial charge in [-0.25, -0.2) is 9.78 Å². The van der Waals surface area contributed by atoms with Crippen LogP contribution in [0.5, 0.6) is 28.7 Å². The molecule has 2 aromatic heterocycles.